The molecule has 25 heavy (non-hydrogen) atoms. The van der Waals surface area contributed by atoms with Gasteiger partial charge in [-0.3, -0.25) is 0 Å². The molecular weight excluding hydrogens is 361 g/mol. The first-order chi connectivity index (χ1) is 11.7. The van der Waals surface area contributed by atoms with E-state index in [-0.39, 0.29) is 17.2 Å². The zero-order valence-corrected chi connectivity index (χ0v) is 16.5. The molecule has 136 valence electrons. The molecule has 1 amide bonds. The second-order valence-corrected chi connectivity index (χ2v) is 7.10. The van der Waals surface area contributed by atoms with Gasteiger partial charge in [0.1, 0.15) is 5.15 Å². The van der Waals surface area contributed by atoms with E-state index in [1.807, 2.05) is 58.0 Å². The fourth-order valence-corrected chi connectivity index (χ4v) is 3.11. The van der Waals surface area contributed by atoms with Crippen molar-refractivity contribution in [2.24, 2.45) is 7.05 Å². The highest BCUT2D eigenvalue weighted by Gasteiger charge is 2.30. The Morgan fingerprint density at radius 1 is 1.12 bits per heavy atom. The van der Waals surface area contributed by atoms with Crippen molar-refractivity contribution in [3.63, 3.8) is 0 Å². The monoisotopic (exact) mass is 383 g/mol. The average Bonchev–Trinajstić information content (AvgIpc) is 2.80. The first-order valence-electron chi connectivity index (χ1n) is 8.15. The molecule has 1 unspecified atom stereocenters. The van der Waals surface area contributed by atoms with Crippen molar-refractivity contribution in [2.45, 2.75) is 45.9 Å². The third kappa shape index (κ3) is 4.28. The van der Waals surface area contributed by atoms with Crippen LogP contribution in [0.4, 0.5) is 4.79 Å². The molecule has 0 N–H and O–H groups in total. The molecule has 2 rings (SSSR count). The van der Waals surface area contributed by atoms with Crippen LogP contribution in [0.5, 0.6) is 0 Å². The van der Waals surface area contributed by atoms with E-state index in [4.69, 9.17) is 27.9 Å². The highest BCUT2D eigenvalue weighted by molar-refractivity contribution is 6.40. The van der Waals surface area contributed by atoms with E-state index in [2.05, 4.69) is 4.98 Å². The van der Waals surface area contributed by atoms with Gasteiger partial charge in [-0.25, -0.2) is 9.78 Å². The molecule has 0 bridgehead atoms. The van der Waals surface area contributed by atoms with E-state index < -0.39 is 12.2 Å². The van der Waals surface area contributed by atoms with Crippen LogP contribution in [-0.4, -0.2) is 32.6 Å². The third-order valence-corrected chi connectivity index (χ3v) is 4.69. The number of benzene rings is 1. The summed E-state index contributed by atoms with van der Waals surface area (Å²) < 4.78 is 7.47. The van der Waals surface area contributed by atoms with Crippen LogP contribution in [0.25, 0.3) is 0 Å². The lowest BCUT2D eigenvalue weighted by atomic mass is 10.1. The van der Waals surface area contributed by atoms with Gasteiger partial charge in [0, 0.05) is 24.7 Å². The molecule has 0 radical (unpaired) electrons. The lowest BCUT2D eigenvalue weighted by Gasteiger charge is -2.31. The zero-order chi connectivity index (χ0) is 18.7. The van der Waals surface area contributed by atoms with Crippen LogP contribution in [-0.2, 0) is 11.8 Å². The molecular formula is C18H23Cl2N3O2. The third-order valence-electron chi connectivity index (χ3n) is 3.90. The highest BCUT2D eigenvalue weighted by Crippen LogP contribution is 2.31. The number of carbonyl (C=O) groups excluding carboxylic acids is 1. The van der Waals surface area contributed by atoms with Crippen molar-refractivity contribution in [1.82, 2.24) is 14.5 Å². The van der Waals surface area contributed by atoms with Gasteiger partial charge in [0.15, 0.2) is 17.1 Å². The van der Waals surface area contributed by atoms with E-state index in [1.165, 1.54) is 0 Å². The van der Waals surface area contributed by atoms with Crippen LogP contribution < -0.4 is 0 Å². The Morgan fingerprint density at radius 3 is 2.12 bits per heavy atom. The molecule has 1 aromatic heterocycles. The lowest BCUT2D eigenvalue weighted by Crippen LogP contribution is -2.43. The Hall–Kier alpha value is -1.72. The highest BCUT2D eigenvalue weighted by atomic mass is 35.5. The number of amides is 1. The molecule has 5 nitrogen and oxygen atoms in total. The number of ether oxygens (including phenoxy) is 1. The van der Waals surface area contributed by atoms with Crippen LogP contribution in [0.3, 0.4) is 0 Å². The van der Waals surface area contributed by atoms with Gasteiger partial charge in [0.2, 0.25) is 0 Å². The summed E-state index contributed by atoms with van der Waals surface area (Å²) in [6, 6.07) is 9.44. The van der Waals surface area contributed by atoms with Crippen molar-refractivity contribution < 1.29 is 9.53 Å². The van der Waals surface area contributed by atoms with Crippen LogP contribution >= 0.6 is 23.2 Å². The molecule has 1 aromatic carbocycles. The average molecular weight is 384 g/mol. The number of carbonyl (C=O) groups is 1. The van der Waals surface area contributed by atoms with E-state index >= 15 is 0 Å². The fraction of sp³-hybridized carbons (Fsp3) is 0.444. The Balaban J connectivity index is 2.43. The Morgan fingerprint density at radius 2 is 1.68 bits per heavy atom. The molecule has 0 aliphatic carbocycles. The largest absolute Gasteiger partial charge is 0.433 e. The van der Waals surface area contributed by atoms with Gasteiger partial charge in [-0.1, -0.05) is 53.5 Å². The predicted molar refractivity (Wildman–Crippen MR) is 100 cm³/mol. The van der Waals surface area contributed by atoms with Crippen LogP contribution in [0.1, 0.15) is 45.2 Å². The number of nitrogens with zero attached hydrogens (tertiary/aromatic N) is 3. The van der Waals surface area contributed by atoms with Crippen molar-refractivity contribution in [2.75, 3.05) is 0 Å². The first kappa shape index (κ1) is 19.6. The van der Waals surface area contributed by atoms with Gasteiger partial charge < -0.3 is 14.2 Å². The van der Waals surface area contributed by atoms with E-state index in [0.717, 1.165) is 5.56 Å². The SMILES string of the molecule is CC(C)N(C(=O)OC(c1ccccc1)c1nc(Cl)c(Cl)n1C)C(C)C. The summed E-state index contributed by atoms with van der Waals surface area (Å²) in [5, 5.41) is 0.485. The van der Waals surface area contributed by atoms with Gasteiger partial charge in [-0.05, 0) is 27.7 Å². The summed E-state index contributed by atoms with van der Waals surface area (Å²) in [5.74, 6) is 0.474. The maximum atomic E-state index is 12.8. The lowest BCUT2D eigenvalue weighted by molar-refractivity contribution is 0.0543. The molecule has 0 aliphatic heterocycles. The number of aromatic nitrogens is 2. The molecule has 1 atom stereocenters. The summed E-state index contributed by atoms with van der Waals surface area (Å²) in [6.45, 7) is 7.81. The fourth-order valence-electron chi connectivity index (χ4n) is 2.77. The molecule has 0 saturated heterocycles. The second-order valence-electron chi connectivity index (χ2n) is 6.38. The van der Waals surface area contributed by atoms with Gasteiger partial charge in [0.25, 0.3) is 0 Å². The summed E-state index contributed by atoms with van der Waals surface area (Å²) >= 11 is 12.2. The van der Waals surface area contributed by atoms with Crippen LogP contribution in [0.2, 0.25) is 10.3 Å². The molecule has 0 spiro atoms. The number of hydrogen-bond acceptors (Lipinski definition) is 3. The molecule has 1 heterocycles. The van der Waals surface area contributed by atoms with Crippen LogP contribution in [0, 0.1) is 0 Å². The smallest absolute Gasteiger partial charge is 0.411 e. The van der Waals surface area contributed by atoms with Crippen LogP contribution in [0.15, 0.2) is 30.3 Å². The second kappa shape index (κ2) is 8.11. The van der Waals surface area contributed by atoms with Gasteiger partial charge in [-0.15, -0.1) is 0 Å². The molecule has 0 saturated carbocycles. The maximum Gasteiger partial charge on any atom is 0.411 e. The minimum absolute atomic E-state index is 0.0115. The Labute approximate surface area is 158 Å². The maximum absolute atomic E-state index is 12.8. The minimum Gasteiger partial charge on any atom is -0.433 e. The number of halogens is 2. The Bertz CT molecular complexity index is 721. The summed E-state index contributed by atoms with van der Waals surface area (Å²) in [5.41, 5.74) is 0.796. The van der Waals surface area contributed by atoms with Gasteiger partial charge in [0.05, 0.1) is 0 Å². The molecule has 0 aliphatic rings. The zero-order valence-electron chi connectivity index (χ0n) is 15.0. The quantitative estimate of drug-likeness (QED) is 0.723. The van der Waals surface area contributed by atoms with Crippen molar-refractivity contribution in [1.29, 1.82) is 0 Å². The molecule has 0 fully saturated rings. The standard InChI is InChI=1S/C18H23Cl2N3O2/c1-11(2)23(12(3)4)18(24)25-14(13-9-7-6-8-10-13)17-21-15(19)16(20)22(17)5/h6-12,14H,1-5H3. The number of imidazole rings is 1. The minimum atomic E-state index is -0.705. The molecule has 2 aromatic rings. The van der Waals surface area contributed by atoms with E-state index in [9.17, 15) is 4.79 Å². The summed E-state index contributed by atoms with van der Waals surface area (Å²) in [4.78, 5) is 18.8. The normalized spacial score (nSPS) is 12.5. The van der Waals surface area contributed by atoms with Gasteiger partial charge >= 0.3 is 6.09 Å². The topological polar surface area (TPSA) is 47.4 Å². The first-order valence-corrected chi connectivity index (χ1v) is 8.91. The van der Waals surface area contributed by atoms with E-state index in [0.29, 0.717) is 11.0 Å². The molecule has 7 heteroatoms. The predicted octanol–water partition coefficient (Wildman–Crippen LogP) is 5.07. The van der Waals surface area contributed by atoms with Crippen molar-refractivity contribution in [3.05, 3.63) is 52.0 Å². The number of hydrogen-bond donors (Lipinski definition) is 0. The summed E-state index contributed by atoms with van der Waals surface area (Å²) in [7, 11) is 1.74. The van der Waals surface area contributed by atoms with Gasteiger partial charge in [-0.2, -0.15) is 0 Å². The summed E-state index contributed by atoms with van der Waals surface area (Å²) in [6.07, 6.45) is -1.11. The number of rotatable bonds is 5. The van der Waals surface area contributed by atoms with Crippen molar-refractivity contribution in [3.8, 4) is 0 Å². The van der Waals surface area contributed by atoms with Crippen molar-refractivity contribution >= 4 is 29.3 Å². The van der Waals surface area contributed by atoms with E-state index in [1.54, 1.807) is 16.5 Å². The Kier molecular flexibility index (Phi) is 6.36.